The van der Waals surface area contributed by atoms with Crippen LogP contribution in [-0.4, -0.2) is 37.2 Å². The zero-order valence-corrected chi connectivity index (χ0v) is 44.3. The molecule has 0 aliphatic carbocycles. The first kappa shape index (κ1) is 64.3. The second-order valence-corrected chi connectivity index (χ2v) is 18.5. The molecule has 1 atom stereocenters. The third-order valence-corrected chi connectivity index (χ3v) is 11.9. The standard InChI is InChI=1S/C62H104O6/c1-4-7-10-13-16-19-22-25-27-29-31-33-34-37-40-43-46-49-52-55-61(64)67-58-59(57-66-60(63)54-51-48-45-42-39-36-24-21-18-15-12-9-6-3)68-62(65)56-53-50-47-44-41-38-35-32-30-28-26-23-20-17-14-11-8-5-2/h7,9-10,12,15-16,18-19,21,24-25,27,31-33,35,59H,4-6,8,11,13-14,17,20,22-23,26,28-30,34,36-58H2,1-3H3/b10-7+,12-9+,18-15+,19-16+,24-21+,27-25+,33-31+,35-32+. The van der Waals surface area contributed by atoms with E-state index >= 15 is 0 Å². The van der Waals surface area contributed by atoms with Crippen LogP contribution in [0, 0.1) is 0 Å². The first-order valence-corrected chi connectivity index (χ1v) is 28.3. The fraction of sp³-hybridized carbons (Fsp3) is 0.694. The molecule has 6 nitrogen and oxygen atoms in total. The number of ether oxygens (including phenoxy) is 3. The lowest BCUT2D eigenvalue weighted by molar-refractivity contribution is -0.167. The van der Waals surface area contributed by atoms with E-state index in [1.807, 2.05) is 0 Å². The Hall–Kier alpha value is -3.67. The smallest absolute Gasteiger partial charge is 0.306 e. The van der Waals surface area contributed by atoms with Gasteiger partial charge in [-0.3, -0.25) is 14.4 Å². The van der Waals surface area contributed by atoms with Gasteiger partial charge in [0.1, 0.15) is 13.2 Å². The van der Waals surface area contributed by atoms with Crippen molar-refractivity contribution >= 4 is 17.9 Å². The average Bonchev–Trinajstić information content (AvgIpc) is 3.34. The van der Waals surface area contributed by atoms with Gasteiger partial charge in [0.15, 0.2) is 6.10 Å². The maximum atomic E-state index is 12.9. The summed E-state index contributed by atoms with van der Waals surface area (Å²) < 4.78 is 16.8. The van der Waals surface area contributed by atoms with Gasteiger partial charge in [-0.1, -0.05) is 234 Å². The summed E-state index contributed by atoms with van der Waals surface area (Å²) >= 11 is 0. The molecule has 0 fully saturated rings. The van der Waals surface area contributed by atoms with E-state index in [-0.39, 0.29) is 31.1 Å². The highest BCUT2D eigenvalue weighted by Gasteiger charge is 2.19. The Labute approximate surface area is 419 Å². The molecule has 0 heterocycles. The SMILES string of the molecule is CC/C=C/C=C/C=C/CCCCCCCC(=O)OCC(COC(=O)CCCCCCCC/C=C/C/C=C/C/C=C/C/C=C/CC)OC(=O)CCCCCCC/C=C/CCCCCCCCCCC. The minimum absolute atomic E-state index is 0.0958. The molecule has 0 saturated heterocycles. The van der Waals surface area contributed by atoms with Crippen LogP contribution in [0.3, 0.4) is 0 Å². The highest BCUT2D eigenvalue weighted by atomic mass is 16.6. The largest absolute Gasteiger partial charge is 0.462 e. The zero-order chi connectivity index (χ0) is 49.3. The molecule has 0 aromatic rings. The van der Waals surface area contributed by atoms with Gasteiger partial charge >= 0.3 is 17.9 Å². The molecule has 0 aliphatic heterocycles. The highest BCUT2D eigenvalue weighted by Crippen LogP contribution is 2.14. The lowest BCUT2D eigenvalue weighted by Crippen LogP contribution is -2.30. The zero-order valence-electron chi connectivity index (χ0n) is 44.3. The molecule has 6 heteroatoms. The van der Waals surface area contributed by atoms with Crippen molar-refractivity contribution in [2.45, 2.75) is 264 Å². The Morgan fingerprint density at radius 2 is 0.647 bits per heavy atom. The number of hydrogen-bond acceptors (Lipinski definition) is 6. The van der Waals surface area contributed by atoms with Gasteiger partial charge in [-0.25, -0.2) is 0 Å². The van der Waals surface area contributed by atoms with Gasteiger partial charge in [-0.2, -0.15) is 0 Å². The fourth-order valence-electron chi connectivity index (χ4n) is 7.66. The fourth-order valence-corrected chi connectivity index (χ4v) is 7.66. The van der Waals surface area contributed by atoms with E-state index < -0.39 is 6.10 Å². The van der Waals surface area contributed by atoms with Crippen LogP contribution in [0.25, 0.3) is 0 Å². The molecule has 1 unspecified atom stereocenters. The Kier molecular flexibility index (Phi) is 52.9. The van der Waals surface area contributed by atoms with Crippen molar-refractivity contribution in [2.24, 2.45) is 0 Å². The average molecular weight is 946 g/mol. The molecular formula is C62H104O6. The Balaban J connectivity index is 4.43. The monoisotopic (exact) mass is 945 g/mol. The van der Waals surface area contributed by atoms with Gasteiger partial charge in [-0.15, -0.1) is 0 Å². The van der Waals surface area contributed by atoms with E-state index in [1.54, 1.807) is 0 Å². The van der Waals surface area contributed by atoms with Crippen LogP contribution in [-0.2, 0) is 28.6 Å². The Morgan fingerprint density at radius 1 is 0.324 bits per heavy atom. The minimum Gasteiger partial charge on any atom is -0.462 e. The van der Waals surface area contributed by atoms with Crippen LogP contribution in [0.1, 0.15) is 258 Å². The summed E-state index contributed by atoms with van der Waals surface area (Å²) in [4.78, 5) is 38.1. The van der Waals surface area contributed by atoms with E-state index in [0.717, 1.165) is 135 Å². The Bertz CT molecular complexity index is 1360. The van der Waals surface area contributed by atoms with E-state index in [4.69, 9.17) is 14.2 Å². The van der Waals surface area contributed by atoms with Crippen molar-refractivity contribution in [1.29, 1.82) is 0 Å². The van der Waals surface area contributed by atoms with Gasteiger partial charge < -0.3 is 14.2 Å². The molecule has 0 aliphatic rings. The molecule has 0 rings (SSSR count). The Morgan fingerprint density at radius 3 is 1.07 bits per heavy atom. The van der Waals surface area contributed by atoms with Crippen LogP contribution in [0.4, 0.5) is 0 Å². The van der Waals surface area contributed by atoms with Crippen molar-refractivity contribution in [3.63, 3.8) is 0 Å². The molecular weight excluding hydrogens is 841 g/mol. The van der Waals surface area contributed by atoms with Gasteiger partial charge in [-0.05, 0) is 103 Å². The minimum atomic E-state index is -0.798. The van der Waals surface area contributed by atoms with Crippen LogP contribution in [0.5, 0.6) is 0 Å². The number of allylic oxidation sites excluding steroid dienone is 16. The predicted molar refractivity (Wildman–Crippen MR) is 293 cm³/mol. The van der Waals surface area contributed by atoms with Gasteiger partial charge in [0, 0.05) is 19.3 Å². The second kappa shape index (κ2) is 55.9. The van der Waals surface area contributed by atoms with Gasteiger partial charge in [0.2, 0.25) is 0 Å². The predicted octanol–water partition coefficient (Wildman–Crippen LogP) is 18.9. The third-order valence-electron chi connectivity index (χ3n) is 11.9. The summed E-state index contributed by atoms with van der Waals surface area (Å²) in [6.07, 6.45) is 74.0. The molecule has 0 radical (unpaired) electrons. The molecule has 0 aromatic heterocycles. The van der Waals surface area contributed by atoms with E-state index in [2.05, 4.69) is 118 Å². The lowest BCUT2D eigenvalue weighted by atomic mass is 10.1. The number of carbonyl (C=O) groups excluding carboxylic acids is 3. The molecule has 388 valence electrons. The van der Waals surface area contributed by atoms with Crippen LogP contribution in [0.2, 0.25) is 0 Å². The maximum absolute atomic E-state index is 12.9. The number of unbranched alkanes of at least 4 members (excludes halogenated alkanes) is 25. The quantitative estimate of drug-likeness (QED) is 0.0199. The molecule has 0 bridgehead atoms. The van der Waals surface area contributed by atoms with E-state index in [1.165, 1.54) is 83.5 Å². The van der Waals surface area contributed by atoms with Crippen molar-refractivity contribution < 1.29 is 28.6 Å². The topological polar surface area (TPSA) is 78.9 Å². The number of rotatable bonds is 50. The molecule has 0 amide bonds. The van der Waals surface area contributed by atoms with Crippen molar-refractivity contribution in [3.05, 3.63) is 97.2 Å². The second-order valence-electron chi connectivity index (χ2n) is 18.5. The maximum Gasteiger partial charge on any atom is 0.306 e. The molecule has 0 N–H and O–H groups in total. The van der Waals surface area contributed by atoms with E-state index in [9.17, 15) is 14.4 Å². The van der Waals surface area contributed by atoms with Crippen LogP contribution < -0.4 is 0 Å². The molecule has 0 aromatic carbocycles. The summed E-state index contributed by atoms with van der Waals surface area (Å²) in [5, 5.41) is 0. The van der Waals surface area contributed by atoms with Crippen LogP contribution in [0.15, 0.2) is 97.2 Å². The third kappa shape index (κ3) is 53.3. The first-order chi connectivity index (χ1) is 33.5. The van der Waals surface area contributed by atoms with Gasteiger partial charge in [0.05, 0.1) is 0 Å². The lowest BCUT2D eigenvalue weighted by Gasteiger charge is -2.18. The molecule has 0 saturated carbocycles. The number of hydrogen-bond donors (Lipinski definition) is 0. The summed E-state index contributed by atoms with van der Waals surface area (Å²) in [6.45, 7) is 6.36. The summed E-state index contributed by atoms with van der Waals surface area (Å²) in [7, 11) is 0. The summed E-state index contributed by atoms with van der Waals surface area (Å²) in [6, 6.07) is 0. The normalized spacial score (nSPS) is 12.8. The summed E-state index contributed by atoms with van der Waals surface area (Å²) in [5.41, 5.74) is 0. The number of carbonyl (C=O) groups is 3. The van der Waals surface area contributed by atoms with Crippen molar-refractivity contribution in [1.82, 2.24) is 0 Å². The summed E-state index contributed by atoms with van der Waals surface area (Å²) in [5.74, 6) is -0.935. The van der Waals surface area contributed by atoms with Crippen molar-refractivity contribution in [3.8, 4) is 0 Å². The highest BCUT2D eigenvalue weighted by molar-refractivity contribution is 5.71. The van der Waals surface area contributed by atoms with Crippen LogP contribution >= 0.6 is 0 Å². The number of esters is 3. The van der Waals surface area contributed by atoms with Crippen molar-refractivity contribution in [2.75, 3.05) is 13.2 Å². The molecule has 0 spiro atoms. The van der Waals surface area contributed by atoms with Gasteiger partial charge in [0.25, 0.3) is 0 Å². The molecule has 68 heavy (non-hydrogen) atoms. The van der Waals surface area contributed by atoms with E-state index in [0.29, 0.717) is 19.3 Å². The first-order valence-electron chi connectivity index (χ1n) is 28.3.